The van der Waals surface area contributed by atoms with E-state index in [2.05, 4.69) is 170 Å². The van der Waals surface area contributed by atoms with Crippen molar-refractivity contribution in [2.75, 3.05) is 13.6 Å². The van der Waals surface area contributed by atoms with Crippen molar-refractivity contribution < 1.29 is 9.47 Å². The van der Waals surface area contributed by atoms with Crippen molar-refractivity contribution in [2.24, 2.45) is 16.2 Å². The number of hydrogen-bond acceptors (Lipinski definition) is 3. The van der Waals surface area contributed by atoms with Gasteiger partial charge in [0.15, 0.2) is 0 Å². The molecule has 0 amide bonds. The highest BCUT2D eigenvalue weighted by atomic mass is 16.5. The number of ether oxygens (including phenoxy) is 2. The van der Waals surface area contributed by atoms with Crippen molar-refractivity contribution in [3.8, 4) is 11.5 Å². The standard InChI is InChI=1S/C45H69NO2/c1-41(2,3)27-37(44(10,11)12)33-21-17-31(18-22-33)29-47-39-25-36(43(7,8)9)40(26-35(39)42(4,5)6)48-30-32-19-23-34(24-20-32)38(28-46-16)45(13,14)15/h17-26,37-38,46H,27-30H2,1-16H3. The van der Waals surface area contributed by atoms with Gasteiger partial charge in [0.25, 0.3) is 0 Å². The maximum Gasteiger partial charge on any atom is 0.124 e. The molecule has 0 aliphatic rings. The van der Waals surface area contributed by atoms with E-state index in [0.29, 0.717) is 25.0 Å². The maximum atomic E-state index is 6.67. The van der Waals surface area contributed by atoms with Crippen LogP contribution in [-0.2, 0) is 24.0 Å². The minimum Gasteiger partial charge on any atom is -0.489 e. The van der Waals surface area contributed by atoms with Crippen LogP contribution < -0.4 is 14.8 Å². The molecule has 0 saturated heterocycles. The SMILES string of the molecule is CNCC(c1ccc(COc2cc(C(C)(C)C)c(OCc3ccc(C(CC(C)(C)C)C(C)(C)C)cc3)cc2C(C)(C)C)cc1)C(C)(C)C. The number of likely N-dealkylation sites (N-methyl/N-ethyl adjacent to an activating group) is 1. The summed E-state index contributed by atoms with van der Waals surface area (Å²) in [5.74, 6) is 2.81. The summed E-state index contributed by atoms with van der Waals surface area (Å²) < 4.78 is 13.3. The first-order valence-corrected chi connectivity index (χ1v) is 18.2. The predicted octanol–water partition coefficient (Wildman–Crippen LogP) is 12.4. The molecule has 0 aliphatic heterocycles. The zero-order chi connectivity index (χ0) is 36.3. The normalized spacial score (nSPS) is 14.5. The van der Waals surface area contributed by atoms with Crippen LogP contribution in [-0.4, -0.2) is 13.6 Å². The molecule has 0 saturated carbocycles. The quantitative estimate of drug-likeness (QED) is 0.223. The molecular formula is C45H69NO2. The van der Waals surface area contributed by atoms with Crippen molar-refractivity contribution in [3.63, 3.8) is 0 Å². The second-order valence-electron chi connectivity index (χ2n) is 19.6. The zero-order valence-electron chi connectivity index (χ0n) is 33.6. The van der Waals surface area contributed by atoms with Gasteiger partial charge in [0.2, 0.25) is 0 Å². The summed E-state index contributed by atoms with van der Waals surface area (Å²) in [6, 6.07) is 22.6. The topological polar surface area (TPSA) is 30.5 Å². The smallest absolute Gasteiger partial charge is 0.124 e. The van der Waals surface area contributed by atoms with Gasteiger partial charge >= 0.3 is 0 Å². The molecule has 0 aromatic heterocycles. The van der Waals surface area contributed by atoms with Crippen LogP contribution in [0.5, 0.6) is 11.5 Å². The summed E-state index contributed by atoms with van der Waals surface area (Å²) >= 11 is 0. The third-order valence-corrected chi connectivity index (χ3v) is 9.57. The molecule has 2 atom stereocenters. The third-order valence-electron chi connectivity index (χ3n) is 9.57. The Morgan fingerprint density at radius 2 is 0.875 bits per heavy atom. The van der Waals surface area contributed by atoms with Crippen LogP contribution in [0.25, 0.3) is 0 Å². The molecule has 266 valence electrons. The van der Waals surface area contributed by atoms with Gasteiger partial charge in [-0.1, -0.05) is 152 Å². The van der Waals surface area contributed by atoms with Crippen LogP contribution in [0.2, 0.25) is 0 Å². The molecule has 3 nitrogen and oxygen atoms in total. The third kappa shape index (κ3) is 11.1. The van der Waals surface area contributed by atoms with E-state index in [-0.39, 0.29) is 27.1 Å². The molecule has 3 aromatic carbocycles. The Labute approximate surface area is 295 Å². The van der Waals surface area contributed by atoms with E-state index < -0.39 is 0 Å². The average Bonchev–Trinajstić information content (AvgIpc) is 2.94. The Morgan fingerprint density at radius 1 is 0.521 bits per heavy atom. The molecule has 2 unspecified atom stereocenters. The van der Waals surface area contributed by atoms with Crippen molar-refractivity contribution in [3.05, 3.63) is 94.0 Å². The lowest BCUT2D eigenvalue weighted by Gasteiger charge is -2.36. The van der Waals surface area contributed by atoms with Gasteiger partial charge in [-0.25, -0.2) is 0 Å². The molecule has 0 heterocycles. The van der Waals surface area contributed by atoms with E-state index in [1.165, 1.54) is 22.3 Å². The van der Waals surface area contributed by atoms with Gasteiger partial charge in [-0.3, -0.25) is 0 Å². The van der Waals surface area contributed by atoms with Crippen molar-refractivity contribution in [1.29, 1.82) is 0 Å². The second-order valence-corrected chi connectivity index (χ2v) is 19.6. The molecule has 3 heteroatoms. The van der Waals surface area contributed by atoms with Gasteiger partial charge < -0.3 is 14.8 Å². The van der Waals surface area contributed by atoms with E-state index >= 15 is 0 Å². The van der Waals surface area contributed by atoms with E-state index in [1.807, 2.05) is 7.05 Å². The zero-order valence-corrected chi connectivity index (χ0v) is 33.6. The number of benzene rings is 3. The monoisotopic (exact) mass is 656 g/mol. The van der Waals surface area contributed by atoms with E-state index in [4.69, 9.17) is 9.47 Å². The van der Waals surface area contributed by atoms with Gasteiger partial charge in [0.1, 0.15) is 24.7 Å². The molecule has 0 radical (unpaired) electrons. The molecular weight excluding hydrogens is 587 g/mol. The van der Waals surface area contributed by atoms with Crippen LogP contribution in [0.3, 0.4) is 0 Å². The van der Waals surface area contributed by atoms with Crippen LogP contribution in [0, 0.1) is 16.2 Å². The highest BCUT2D eigenvalue weighted by Gasteiger charge is 2.31. The van der Waals surface area contributed by atoms with Gasteiger partial charge in [-0.2, -0.15) is 0 Å². The first kappa shape index (κ1) is 39.7. The molecule has 3 aromatic rings. The molecule has 1 N–H and O–H groups in total. The summed E-state index contributed by atoms with van der Waals surface area (Å²) in [6.45, 7) is 36.6. The molecule has 0 bridgehead atoms. The Hall–Kier alpha value is -2.78. The summed E-state index contributed by atoms with van der Waals surface area (Å²) in [6.07, 6.45) is 1.16. The van der Waals surface area contributed by atoms with Crippen LogP contribution in [0.15, 0.2) is 60.7 Å². The number of hydrogen-bond donors (Lipinski definition) is 1. The highest BCUT2D eigenvalue weighted by Crippen LogP contribution is 2.44. The van der Waals surface area contributed by atoms with Gasteiger partial charge in [0.05, 0.1) is 0 Å². The maximum absolute atomic E-state index is 6.67. The first-order valence-electron chi connectivity index (χ1n) is 18.2. The summed E-state index contributed by atoms with van der Waals surface area (Å²) in [7, 11) is 2.03. The summed E-state index contributed by atoms with van der Waals surface area (Å²) in [5, 5.41) is 3.38. The lowest BCUT2D eigenvalue weighted by atomic mass is 9.69. The van der Waals surface area contributed by atoms with Crippen molar-refractivity contribution in [1.82, 2.24) is 5.32 Å². The van der Waals surface area contributed by atoms with Crippen molar-refractivity contribution in [2.45, 2.75) is 146 Å². The second kappa shape index (κ2) is 15.0. The molecule has 48 heavy (non-hydrogen) atoms. The minimum atomic E-state index is -0.114. The van der Waals surface area contributed by atoms with E-state index in [9.17, 15) is 0 Å². The van der Waals surface area contributed by atoms with Crippen LogP contribution >= 0.6 is 0 Å². The molecule has 3 rings (SSSR count). The molecule has 0 aliphatic carbocycles. The summed E-state index contributed by atoms with van der Waals surface area (Å²) in [5.41, 5.74) is 7.89. The Bertz CT molecular complexity index is 1450. The Morgan fingerprint density at radius 3 is 1.17 bits per heavy atom. The number of nitrogens with one attached hydrogen (secondary N) is 1. The number of rotatable bonds is 11. The predicted molar refractivity (Wildman–Crippen MR) is 208 cm³/mol. The van der Waals surface area contributed by atoms with Crippen molar-refractivity contribution >= 4 is 0 Å². The lowest BCUT2D eigenvalue weighted by molar-refractivity contribution is 0.229. The first-order chi connectivity index (χ1) is 21.9. The van der Waals surface area contributed by atoms with E-state index in [0.717, 1.165) is 35.6 Å². The van der Waals surface area contributed by atoms with Crippen LogP contribution in [0.1, 0.15) is 155 Å². The summed E-state index contributed by atoms with van der Waals surface area (Å²) in [4.78, 5) is 0. The van der Waals surface area contributed by atoms with Gasteiger partial charge in [-0.15, -0.1) is 0 Å². The lowest BCUT2D eigenvalue weighted by Crippen LogP contribution is -2.28. The van der Waals surface area contributed by atoms with Gasteiger partial charge in [-0.05, 0) is 80.8 Å². The van der Waals surface area contributed by atoms with Gasteiger partial charge in [0, 0.05) is 23.6 Å². The van der Waals surface area contributed by atoms with E-state index in [1.54, 1.807) is 0 Å². The fraction of sp³-hybridized carbons (Fsp3) is 0.600. The molecule has 0 fully saturated rings. The Kier molecular flexibility index (Phi) is 12.4. The average molecular weight is 656 g/mol. The fourth-order valence-electron chi connectivity index (χ4n) is 6.65. The largest absolute Gasteiger partial charge is 0.489 e. The fourth-order valence-corrected chi connectivity index (χ4v) is 6.65. The Balaban J connectivity index is 1.87. The highest BCUT2D eigenvalue weighted by molar-refractivity contribution is 5.52. The molecule has 0 spiro atoms. The minimum absolute atomic E-state index is 0.114. The van der Waals surface area contributed by atoms with Crippen LogP contribution in [0.4, 0.5) is 0 Å².